The zero-order valence-electron chi connectivity index (χ0n) is 31.3. The van der Waals surface area contributed by atoms with Crippen LogP contribution in [0.5, 0.6) is 0 Å². The van der Waals surface area contributed by atoms with Crippen LogP contribution in [0, 0.1) is 51.4 Å². The normalized spacial score (nSPS) is 10.3. The molecule has 0 radical (unpaired) electrons. The Morgan fingerprint density at radius 1 is 0.685 bits per heavy atom. The molecular weight excluding hydrogens is 681 g/mol. The Kier molecular flexibility index (Phi) is 13.0. The third kappa shape index (κ3) is 10.4. The zero-order chi connectivity index (χ0) is 38.6. The predicted octanol–water partition coefficient (Wildman–Crippen LogP) is 5.31. The van der Waals surface area contributed by atoms with Gasteiger partial charge in [-0.1, -0.05) is 36.1 Å². The number of pyridine rings is 2. The summed E-state index contributed by atoms with van der Waals surface area (Å²) in [4.78, 5) is 45.0. The fraction of sp³-hybridized carbons (Fsp3) is 0.233. The number of rotatable bonds is 8. The van der Waals surface area contributed by atoms with E-state index in [0.717, 1.165) is 34.0 Å². The number of ether oxygens (including phenoxy) is 2. The molecule has 0 saturated carbocycles. The first-order valence-electron chi connectivity index (χ1n) is 17.4. The van der Waals surface area contributed by atoms with E-state index in [1.807, 2.05) is 93.1 Å². The van der Waals surface area contributed by atoms with E-state index in [4.69, 9.17) is 9.47 Å². The first-order chi connectivity index (χ1) is 26.0. The molecule has 0 spiro atoms. The lowest BCUT2D eigenvalue weighted by molar-refractivity contribution is -0.143. The molecule has 274 valence electrons. The highest BCUT2D eigenvalue weighted by atomic mass is 16.5. The van der Waals surface area contributed by atoms with Crippen molar-refractivity contribution < 1.29 is 14.3 Å². The molecule has 0 aliphatic rings. The number of hydrogen-bond donors (Lipinski definition) is 0. The Bertz CT molecular complexity index is 2520. The van der Waals surface area contributed by atoms with E-state index in [9.17, 15) is 14.4 Å². The van der Waals surface area contributed by atoms with Crippen LogP contribution in [0.3, 0.4) is 0 Å². The van der Waals surface area contributed by atoms with E-state index in [1.165, 1.54) is 16.2 Å². The number of carbonyl (C=O) groups excluding carboxylic acids is 1. The first-order valence-corrected chi connectivity index (χ1v) is 17.4. The molecule has 0 aliphatic heterocycles. The Labute approximate surface area is 314 Å². The molecule has 11 heteroatoms. The van der Waals surface area contributed by atoms with Gasteiger partial charge in [0.2, 0.25) is 0 Å². The number of nitrogens with zero attached hydrogens (tertiary/aromatic N) is 6. The third-order valence-electron chi connectivity index (χ3n) is 8.13. The van der Waals surface area contributed by atoms with Gasteiger partial charge in [0, 0.05) is 61.7 Å². The number of methoxy groups -OCH3 is 1. The largest absolute Gasteiger partial charge is 0.465 e. The molecule has 0 fully saturated rings. The molecule has 0 unspecified atom stereocenters. The van der Waals surface area contributed by atoms with Gasteiger partial charge in [0.15, 0.2) is 0 Å². The highest BCUT2D eigenvalue weighted by Gasteiger charge is 2.10. The van der Waals surface area contributed by atoms with Gasteiger partial charge >= 0.3 is 5.97 Å². The molecule has 11 nitrogen and oxygen atoms in total. The van der Waals surface area contributed by atoms with E-state index in [0.29, 0.717) is 30.2 Å². The standard InChI is InChI=1S/C22H21N3O3.C21H21N3O2/c1-4-28-22(27)15-24-11-10-20(13-21(24)26)25-14-19(23-17(25)3)9-8-18-7-5-6-16(2)12-18;1-16-5-4-6-18(13-16)7-8-19-15-24(17(2)22-19)20-9-10-23(11-12-26-3)21(25)14-20/h5-7,10-14H,4,15H2,1-3H3;4-6,9-10,13-15H,11-12H2,1-3H3. The van der Waals surface area contributed by atoms with Gasteiger partial charge in [-0.2, -0.15) is 0 Å². The summed E-state index contributed by atoms with van der Waals surface area (Å²) in [7, 11) is 1.62. The first kappa shape index (κ1) is 38.5. The van der Waals surface area contributed by atoms with Gasteiger partial charge in [-0.3, -0.25) is 14.4 Å². The van der Waals surface area contributed by atoms with Crippen LogP contribution in [0.25, 0.3) is 11.4 Å². The molecule has 0 aliphatic carbocycles. The summed E-state index contributed by atoms with van der Waals surface area (Å²) in [6.45, 7) is 10.7. The molecule has 54 heavy (non-hydrogen) atoms. The second-order valence-corrected chi connectivity index (χ2v) is 12.4. The van der Waals surface area contributed by atoms with E-state index >= 15 is 0 Å². The van der Waals surface area contributed by atoms with Gasteiger partial charge in [-0.05, 0) is 94.0 Å². The van der Waals surface area contributed by atoms with Crippen molar-refractivity contribution in [2.45, 2.75) is 47.7 Å². The third-order valence-corrected chi connectivity index (χ3v) is 8.13. The minimum atomic E-state index is -0.440. The number of aromatic nitrogens is 6. The van der Waals surface area contributed by atoms with Crippen molar-refractivity contribution in [3.63, 3.8) is 0 Å². The van der Waals surface area contributed by atoms with E-state index in [1.54, 1.807) is 53.9 Å². The molecular formula is C43H42N6O5. The highest BCUT2D eigenvalue weighted by molar-refractivity contribution is 5.69. The van der Waals surface area contributed by atoms with Crippen molar-refractivity contribution in [2.75, 3.05) is 20.3 Å². The van der Waals surface area contributed by atoms with Crippen molar-refractivity contribution in [1.29, 1.82) is 0 Å². The van der Waals surface area contributed by atoms with Crippen molar-refractivity contribution in [1.82, 2.24) is 28.2 Å². The fourth-order valence-electron chi connectivity index (χ4n) is 5.45. The van der Waals surface area contributed by atoms with Gasteiger partial charge in [0.25, 0.3) is 11.1 Å². The second-order valence-electron chi connectivity index (χ2n) is 12.4. The summed E-state index contributed by atoms with van der Waals surface area (Å²) in [6, 6.07) is 22.7. The average molecular weight is 723 g/mol. The zero-order valence-corrected chi connectivity index (χ0v) is 31.3. The summed E-state index contributed by atoms with van der Waals surface area (Å²) in [6.07, 6.45) is 7.00. The minimum Gasteiger partial charge on any atom is -0.465 e. The van der Waals surface area contributed by atoms with Crippen LogP contribution >= 0.6 is 0 Å². The Morgan fingerprint density at radius 3 is 1.63 bits per heavy atom. The van der Waals surface area contributed by atoms with Crippen LogP contribution in [0.15, 0.2) is 107 Å². The number of imidazole rings is 2. The molecule has 0 bridgehead atoms. The molecule has 0 saturated heterocycles. The van der Waals surface area contributed by atoms with Crippen molar-refractivity contribution in [3.8, 4) is 35.1 Å². The van der Waals surface area contributed by atoms with Gasteiger partial charge in [-0.15, -0.1) is 0 Å². The Hall–Kier alpha value is -6.69. The fourth-order valence-corrected chi connectivity index (χ4v) is 5.45. The molecule has 0 atom stereocenters. The van der Waals surface area contributed by atoms with E-state index < -0.39 is 5.97 Å². The van der Waals surface area contributed by atoms with Gasteiger partial charge in [0.1, 0.15) is 29.6 Å². The summed E-state index contributed by atoms with van der Waals surface area (Å²) in [5, 5.41) is 0. The van der Waals surface area contributed by atoms with Crippen LogP contribution in [0.1, 0.15) is 52.2 Å². The SMILES string of the molecule is CCOC(=O)Cn1ccc(-n2cc(C#Cc3cccc(C)c3)nc2C)cc1=O.COCCn1ccc(-n2cc(C#Cc3cccc(C)c3)nc2C)cc1=O. The summed E-state index contributed by atoms with van der Waals surface area (Å²) in [5.41, 5.74) is 6.58. The van der Waals surface area contributed by atoms with Crippen LogP contribution in [-0.4, -0.2) is 54.5 Å². The molecule has 4 aromatic heterocycles. The maximum absolute atomic E-state index is 12.3. The molecule has 0 N–H and O–H groups in total. The lowest BCUT2D eigenvalue weighted by Gasteiger charge is -2.08. The minimum absolute atomic E-state index is 0.0694. The molecule has 0 amide bonds. The predicted molar refractivity (Wildman–Crippen MR) is 208 cm³/mol. The lowest BCUT2D eigenvalue weighted by Crippen LogP contribution is -2.24. The summed E-state index contributed by atoms with van der Waals surface area (Å²) >= 11 is 0. The second kappa shape index (κ2) is 18.2. The quantitative estimate of drug-likeness (QED) is 0.155. The molecule has 2 aromatic carbocycles. The maximum Gasteiger partial charge on any atom is 0.326 e. The number of hydrogen-bond acceptors (Lipinski definition) is 7. The Morgan fingerprint density at radius 2 is 1.19 bits per heavy atom. The Balaban J connectivity index is 0.000000208. The topological polar surface area (TPSA) is 115 Å². The van der Waals surface area contributed by atoms with Crippen molar-refractivity contribution in [3.05, 3.63) is 164 Å². The average Bonchev–Trinajstić information content (AvgIpc) is 3.71. The van der Waals surface area contributed by atoms with Gasteiger partial charge in [-0.25, -0.2) is 9.97 Å². The van der Waals surface area contributed by atoms with Crippen molar-refractivity contribution in [2.24, 2.45) is 0 Å². The highest BCUT2D eigenvalue weighted by Crippen LogP contribution is 2.12. The molecule has 4 heterocycles. The summed E-state index contributed by atoms with van der Waals surface area (Å²) in [5.74, 6) is 13.5. The van der Waals surface area contributed by atoms with Gasteiger partial charge < -0.3 is 27.7 Å². The lowest BCUT2D eigenvalue weighted by atomic mass is 10.1. The number of carbonyl (C=O) groups is 1. The monoisotopic (exact) mass is 722 g/mol. The van der Waals surface area contributed by atoms with Crippen LogP contribution in [0.2, 0.25) is 0 Å². The number of benzene rings is 2. The van der Waals surface area contributed by atoms with Crippen LogP contribution < -0.4 is 11.1 Å². The van der Waals surface area contributed by atoms with Gasteiger partial charge in [0.05, 0.1) is 24.6 Å². The van der Waals surface area contributed by atoms with E-state index in [-0.39, 0.29) is 24.3 Å². The number of esters is 1. The van der Waals surface area contributed by atoms with Crippen molar-refractivity contribution >= 4 is 5.97 Å². The molecule has 6 rings (SSSR count). The van der Waals surface area contributed by atoms with Crippen LogP contribution in [-0.2, 0) is 27.4 Å². The molecule has 6 aromatic rings. The summed E-state index contributed by atoms with van der Waals surface area (Å²) < 4.78 is 16.5. The number of aryl methyl sites for hydroxylation is 4. The maximum atomic E-state index is 12.3. The van der Waals surface area contributed by atoms with Crippen LogP contribution in [0.4, 0.5) is 0 Å². The van der Waals surface area contributed by atoms with E-state index in [2.05, 4.69) is 33.6 Å². The smallest absolute Gasteiger partial charge is 0.326 e.